The Bertz CT molecular complexity index is 1240. The van der Waals surface area contributed by atoms with E-state index in [-0.39, 0.29) is 41.9 Å². The van der Waals surface area contributed by atoms with E-state index in [0.717, 1.165) is 4.90 Å². The van der Waals surface area contributed by atoms with E-state index in [2.05, 4.69) is 0 Å². The maximum Gasteiger partial charge on any atom is 0.416 e. The molecular formula is C24H18F6N2O3. The van der Waals surface area contributed by atoms with Gasteiger partial charge >= 0.3 is 18.2 Å². The van der Waals surface area contributed by atoms with Gasteiger partial charge in [0.1, 0.15) is 6.61 Å². The van der Waals surface area contributed by atoms with E-state index < -0.39 is 35.9 Å². The van der Waals surface area contributed by atoms with Gasteiger partial charge in [0, 0.05) is 25.1 Å². The molecule has 0 fully saturated rings. The van der Waals surface area contributed by atoms with Crippen LogP contribution < -0.4 is 9.47 Å². The van der Waals surface area contributed by atoms with Crippen LogP contribution in [0, 0.1) is 12.1 Å². The summed E-state index contributed by atoms with van der Waals surface area (Å²) in [6.07, 6.45) is -10.0. The average molecular weight is 496 g/mol. The summed E-state index contributed by atoms with van der Waals surface area (Å²) in [6.45, 7) is 0.648. The molecule has 5 nitrogen and oxygen atoms in total. The van der Waals surface area contributed by atoms with Crippen molar-refractivity contribution < 1.29 is 40.6 Å². The summed E-state index contributed by atoms with van der Waals surface area (Å²) in [7, 11) is 0. The second kappa shape index (κ2) is 8.79. The van der Waals surface area contributed by atoms with Crippen molar-refractivity contribution in [1.82, 2.24) is 4.90 Å². The average Bonchev–Trinajstić information content (AvgIpc) is 2.95. The number of ether oxygens (including phenoxy) is 1. The van der Waals surface area contributed by atoms with Crippen LogP contribution in [-0.4, -0.2) is 24.0 Å². The van der Waals surface area contributed by atoms with Crippen LogP contribution in [0.15, 0.2) is 54.6 Å². The Balaban J connectivity index is 1.80. The Hall–Kier alpha value is -3.76. The molecule has 0 radical (unpaired) electrons. The summed E-state index contributed by atoms with van der Waals surface area (Å²) in [5.41, 5.74) is -2.22. The van der Waals surface area contributed by atoms with Gasteiger partial charge in [0.2, 0.25) is 0 Å². The van der Waals surface area contributed by atoms with Gasteiger partial charge < -0.3 is 14.8 Å². The third kappa shape index (κ3) is 4.89. The second-order valence-corrected chi connectivity index (χ2v) is 8.03. The summed E-state index contributed by atoms with van der Waals surface area (Å²) >= 11 is 0. The van der Waals surface area contributed by atoms with Crippen molar-refractivity contribution in [3.63, 3.8) is 0 Å². The second-order valence-electron chi connectivity index (χ2n) is 8.03. The van der Waals surface area contributed by atoms with Crippen LogP contribution in [0.4, 0.5) is 26.3 Å². The first-order valence-corrected chi connectivity index (χ1v) is 10.4. The normalized spacial score (nSPS) is 14.4. The van der Waals surface area contributed by atoms with Crippen LogP contribution >= 0.6 is 0 Å². The number of hydrogen-bond donors (Lipinski definition) is 0. The number of carbonyl (C=O) groups excluding carboxylic acids is 1. The number of alkyl halides is 6. The standard InChI is InChI=1S/C24H18F6N2O3/c1-14-9-19(16-5-3-2-4-6-16)20-21(33)31(7-8-35-22(20)32(14)34)13-15-10-17(23(25,26)27)12-18(11-15)24(28,29)30/h2-6,9-12H,7-8,13H2,1H3. The smallest absolute Gasteiger partial charge is 0.416 e. The van der Waals surface area contributed by atoms with Crippen LogP contribution in [0.1, 0.15) is 32.7 Å². The first kappa shape index (κ1) is 24.4. The number of aryl methyl sites for hydroxylation is 1. The lowest BCUT2D eigenvalue weighted by atomic mass is 9.98. The van der Waals surface area contributed by atoms with E-state index in [0.29, 0.717) is 28.0 Å². The van der Waals surface area contributed by atoms with Crippen molar-refractivity contribution >= 4 is 5.91 Å². The number of hydrogen-bond acceptors (Lipinski definition) is 3. The predicted octanol–water partition coefficient (Wildman–Crippen LogP) is 5.37. The molecular weight excluding hydrogens is 478 g/mol. The molecule has 2 heterocycles. The number of benzene rings is 2. The molecule has 0 unspecified atom stereocenters. The molecule has 0 spiro atoms. The Labute approximate surface area is 195 Å². The molecule has 0 saturated carbocycles. The number of nitrogens with zero attached hydrogens (tertiary/aromatic N) is 2. The summed E-state index contributed by atoms with van der Waals surface area (Å²) in [5, 5.41) is 12.6. The van der Waals surface area contributed by atoms with Crippen LogP contribution in [0.5, 0.6) is 5.88 Å². The minimum atomic E-state index is -5.01. The lowest BCUT2D eigenvalue weighted by Crippen LogP contribution is -2.35. The lowest BCUT2D eigenvalue weighted by molar-refractivity contribution is -0.619. The highest BCUT2D eigenvalue weighted by atomic mass is 19.4. The molecule has 1 aromatic heterocycles. The van der Waals surface area contributed by atoms with Crippen LogP contribution in [-0.2, 0) is 18.9 Å². The lowest BCUT2D eigenvalue weighted by Gasteiger charge is -2.22. The van der Waals surface area contributed by atoms with Crippen molar-refractivity contribution in [1.29, 1.82) is 0 Å². The molecule has 0 N–H and O–H groups in total. The zero-order valence-corrected chi connectivity index (χ0v) is 18.2. The van der Waals surface area contributed by atoms with E-state index in [1.54, 1.807) is 30.3 Å². The van der Waals surface area contributed by atoms with Crippen LogP contribution in [0.2, 0.25) is 0 Å². The highest BCUT2D eigenvalue weighted by Crippen LogP contribution is 2.37. The maximum atomic E-state index is 13.5. The first-order valence-electron chi connectivity index (χ1n) is 10.4. The van der Waals surface area contributed by atoms with Gasteiger partial charge in [-0.15, -0.1) is 4.73 Å². The number of pyridine rings is 1. The molecule has 11 heteroatoms. The SMILES string of the molecule is Cc1cc(-c2ccccc2)c2c([n+]1[O-])OCCN(Cc1cc(C(F)(F)F)cc(C(F)(F)F)c1)C2=O. The quantitative estimate of drug-likeness (QED) is 0.279. The molecule has 1 aliphatic heterocycles. The molecule has 184 valence electrons. The van der Waals surface area contributed by atoms with Gasteiger partial charge in [-0.2, -0.15) is 26.3 Å². The third-order valence-corrected chi connectivity index (χ3v) is 5.55. The van der Waals surface area contributed by atoms with Crippen LogP contribution in [0.3, 0.4) is 0 Å². The Morgan fingerprint density at radius 1 is 0.971 bits per heavy atom. The maximum absolute atomic E-state index is 13.5. The van der Waals surface area contributed by atoms with E-state index >= 15 is 0 Å². The number of rotatable bonds is 3. The predicted molar refractivity (Wildman–Crippen MR) is 112 cm³/mol. The molecule has 0 bridgehead atoms. The Morgan fingerprint density at radius 3 is 2.14 bits per heavy atom. The molecule has 4 rings (SSSR count). The fraction of sp³-hybridized carbons (Fsp3) is 0.250. The van der Waals surface area contributed by atoms with Gasteiger partial charge in [-0.25, -0.2) is 0 Å². The van der Waals surface area contributed by atoms with Crippen molar-refractivity contribution in [2.75, 3.05) is 13.2 Å². The molecule has 0 saturated heterocycles. The van der Waals surface area contributed by atoms with Crippen molar-refractivity contribution in [3.05, 3.63) is 87.8 Å². The summed E-state index contributed by atoms with van der Waals surface area (Å²) < 4.78 is 85.6. The van der Waals surface area contributed by atoms with Gasteiger partial charge in [-0.3, -0.25) is 4.79 Å². The Morgan fingerprint density at radius 2 is 1.57 bits per heavy atom. The zero-order valence-electron chi connectivity index (χ0n) is 18.2. The molecule has 0 atom stereocenters. The van der Waals surface area contributed by atoms with Gasteiger partial charge in [-0.1, -0.05) is 30.3 Å². The monoisotopic (exact) mass is 496 g/mol. The van der Waals surface area contributed by atoms with Gasteiger partial charge in [-0.05, 0) is 29.3 Å². The largest absolute Gasteiger partial charge is 0.616 e. The van der Waals surface area contributed by atoms with E-state index in [4.69, 9.17) is 4.74 Å². The third-order valence-electron chi connectivity index (χ3n) is 5.55. The summed E-state index contributed by atoms with van der Waals surface area (Å²) in [4.78, 5) is 14.6. The summed E-state index contributed by atoms with van der Waals surface area (Å²) in [6, 6.07) is 11.3. The molecule has 2 aromatic carbocycles. The Kier molecular flexibility index (Phi) is 6.12. The summed E-state index contributed by atoms with van der Waals surface area (Å²) in [5.74, 6) is -1.01. The fourth-order valence-electron chi connectivity index (χ4n) is 3.89. The van der Waals surface area contributed by atoms with E-state index in [9.17, 15) is 36.3 Å². The van der Waals surface area contributed by atoms with Crippen molar-refractivity contribution in [2.24, 2.45) is 0 Å². The number of fused-ring (bicyclic) bond motifs is 1. The zero-order chi connectivity index (χ0) is 25.5. The molecule has 0 aliphatic carbocycles. The molecule has 35 heavy (non-hydrogen) atoms. The van der Waals surface area contributed by atoms with E-state index in [1.165, 1.54) is 13.0 Å². The van der Waals surface area contributed by atoms with Gasteiger partial charge in [0.05, 0.1) is 17.7 Å². The number of halogens is 6. The molecule has 1 amide bonds. The van der Waals surface area contributed by atoms with Gasteiger partial charge in [0.15, 0.2) is 11.3 Å². The van der Waals surface area contributed by atoms with Crippen LogP contribution in [0.25, 0.3) is 11.1 Å². The minimum absolute atomic E-state index is 0.0305. The molecule has 3 aromatic rings. The van der Waals surface area contributed by atoms with Gasteiger partial charge in [0.25, 0.3) is 5.91 Å². The molecule has 1 aliphatic rings. The highest BCUT2D eigenvalue weighted by molar-refractivity contribution is 6.02. The highest BCUT2D eigenvalue weighted by Gasteiger charge is 2.38. The number of amides is 1. The van der Waals surface area contributed by atoms with Crippen molar-refractivity contribution in [3.8, 4) is 17.0 Å². The fourth-order valence-corrected chi connectivity index (χ4v) is 3.89. The van der Waals surface area contributed by atoms with Crippen molar-refractivity contribution in [2.45, 2.75) is 25.8 Å². The minimum Gasteiger partial charge on any atom is -0.616 e. The number of carbonyl (C=O) groups is 1. The van der Waals surface area contributed by atoms with E-state index in [1.807, 2.05) is 0 Å². The number of aromatic nitrogens is 1. The topological polar surface area (TPSA) is 56.5 Å². The first-order chi connectivity index (χ1) is 16.4.